The molecule has 0 aromatic carbocycles. The first-order chi connectivity index (χ1) is 6.56. The van der Waals surface area contributed by atoms with Crippen LogP contribution in [-0.2, 0) is 11.3 Å². The number of hydrogen-bond acceptors (Lipinski definition) is 3. The van der Waals surface area contributed by atoms with E-state index in [-0.39, 0.29) is 10.7 Å². The van der Waals surface area contributed by atoms with Gasteiger partial charge in [-0.05, 0) is 0 Å². The molecule has 0 aliphatic rings. The van der Waals surface area contributed by atoms with Crippen molar-refractivity contribution in [3.8, 4) is 0 Å². The van der Waals surface area contributed by atoms with Crippen molar-refractivity contribution in [1.29, 1.82) is 0 Å². The molecule has 0 aliphatic heterocycles. The first-order valence-corrected chi connectivity index (χ1v) is 4.01. The van der Waals surface area contributed by atoms with Crippen molar-refractivity contribution in [2.75, 3.05) is 7.11 Å². The molecule has 1 aromatic heterocycles. The third kappa shape index (κ3) is 2.20. The molecule has 0 aliphatic carbocycles. The van der Waals surface area contributed by atoms with Crippen molar-refractivity contribution in [1.82, 2.24) is 9.78 Å². The van der Waals surface area contributed by atoms with Crippen molar-refractivity contribution in [3.63, 3.8) is 0 Å². The molecule has 0 saturated carbocycles. The first-order valence-electron chi connectivity index (χ1n) is 3.64. The molecule has 78 valence electrons. The quantitative estimate of drug-likeness (QED) is 0.733. The van der Waals surface area contributed by atoms with E-state index in [0.29, 0.717) is 0 Å². The normalized spacial score (nSPS) is 10.6. The van der Waals surface area contributed by atoms with Gasteiger partial charge in [-0.15, -0.1) is 0 Å². The minimum Gasteiger partial charge on any atom is -0.464 e. The first kappa shape index (κ1) is 10.9. The SMILES string of the molecule is COC(=O)c1c(Cl)cnn1CC(F)F. The van der Waals surface area contributed by atoms with E-state index in [1.807, 2.05) is 0 Å². The highest BCUT2D eigenvalue weighted by molar-refractivity contribution is 6.33. The van der Waals surface area contributed by atoms with Crippen molar-refractivity contribution in [2.45, 2.75) is 13.0 Å². The number of esters is 1. The predicted octanol–water partition coefficient (Wildman–Crippen LogP) is 1.59. The summed E-state index contributed by atoms with van der Waals surface area (Å²) < 4.78 is 29.2. The van der Waals surface area contributed by atoms with Crippen molar-refractivity contribution < 1.29 is 18.3 Å². The van der Waals surface area contributed by atoms with Gasteiger partial charge in [-0.3, -0.25) is 4.68 Å². The average Bonchev–Trinajstić information content (AvgIpc) is 2.45. The highest BCUT2D eigenvalue weighted by atomic mass is 35.5. The van der Waals surface area contributed by atoms with Gasteiger partial charge >= 0.3 is 5.97 Å². The largest absolute Gasteiger partial charge is 0.464 e. The van der Waals surface area contributed by atoms with Gasteiger partial charge in [-0.25, -0.2) is 13.6 Å². The van der Waals surface area contributed by atoms with Gasteiger partial charge in [0.25, 0.3) is 6.43 Å². The maximum atomic E-state index is 12.0. The van der Waals surface area contributed by atoms with E-state index >= 15 is 0 Å². The third-order valence-corrected chi connectivity index (χ3v) is 1.76. The van der Waals surface area contributed by atoms with Gasteiger partial charge in [0.1, 0.15) is 6.54 Å². The summed E-state index contributed by atoms with van der Waals surface area (Å²) in [7, 11) is 1.14. The van der Waals surface area contributed by atoms with Crippen LogP contribution < -0.4 is 0 Å². The lowest BCUT2D eigenvalue weighted by atomic mass is 10.4. The Morgan fingerprint density at radius 1 is 1.79 bits per heavy atom. The summed E-state index contributed by atoms with van der Waals surface area (Å²) >= 11 is 5.57. The Labute approximate surface area is 83.4 Å². The number of hydrogen-bond donors (Lipinski definition) is 0. The summed E-state index contributed by atoms with van der Waals surface area (Å²) in [6.45, 7) is -0.683. The molecule has 1 aromatic rings. The second kappa shape index (κ2) is 4.36. The van der Waals surface area contributed by atoms with Crippen LogP contribution in [-0.4, -0.2) is 29.3 Å². The number of aromatic nitrogens is 2. The highest BCUT2D eigenvalue weighted by Gasteiger charge is 2.19. The number of carbonyl (C=O) groups is 1. The predicted molar refractivity (Wildman–Crippen MR) is 44.6 cm³/mol. The molecular formula is C7H7ClF2N2O2. The van der Waals surface area contributed by atoms with Gasteiger partial charge in [0.15, 0.2) is 5.69 Å². The van der Waals surface area contributed by atoms with Gasteiger partial charge in [0.2, 0.25) is 0 Å². The lowest BCUT2D eigenvalue weighted by molar-refractivity contribution is 0.0576. The van der Waals surface area contributed by atoms with Gasteiger partial charge in [-0.2, -0.15) is 5.10 Å². The Balaban J connectivity index is 3.00. The van der Waals surface area contributed by atoms with Crippen LogP contribution in [0.5, 0.6) is 0 Å². The molecule has 1 heterocycles. The summed E-state index contributed by atoms with van der Waals surface area (Å²) in [5.74, 6) is -0.784. The van der Waals surface area contributed by atoms with Gasteiger partial charge in [0.05, 0.1) is 18.3 Å². The topological polar surface area (TPSA) is 44.1 Å². The zero-order valence-corrected chi connectivity index (χ0v) is 7.96. The molecule has 4 nitrogen and oxygen atoms in total. The second-order valence-corrected chi connectivity index (χ2v) is 2.81. The zero-order chi connectivity index (χ0) is 10.7. The van der Waals surface area contributed by atoms with E-state index in [2.05, 4.69) is 9.84 Å². The smallest absolute Gasteiger partial charge is 0.357 e. The van der Waals surface area contributed by atoms with Crippen LogP contribution in [0.2, 0.25) is 5.02 Å². The van der Waals surface area contributed by atoms with Crippen LogP contribution in [0, 0.1) is 0 Å². The number of methoxy groups -OCH3 is 1. The number of nitrogens with zero attached hydrogens (tertiary/aromatic N) is 2. The molecule has 0 bridgehead atoms. The van der Waals surface area contributed by atoms with E-state index in [0.717, 1.165) is 18.0 Å². The minimum atomic E-state index is -2.60. The Morgan fingerprint density at radius 3 is 2.93 bits per heavy atom. The number of alkyl halides is 2. The van der Waals surface area contributed by atoms with Crippen LogP contribution in [0.3, 0.4) is 0 Å². The Morgan fingerprint density at radius 2 is 2.43 bits per heavy atom. The molecule has 0 spiro atoms. The second-order valence-electron chi connectivity index (χ2n) is 2.41. The zero-order valence-electron chi connectivity index (χ0n) is 7.21. The van der Waals surface area contributed by atoms with E-state index in [4.69, 9.17) is 11.6 Å². The van der Waals surface area contributed by atoms with Crippen molar-refractivity contribution in [3.05, 3.63) is 16.9 Å². The number of carbonyl (C=O) groups excluding carboxylic acids is 1. The molecule has 0 amide bonds. The fraction of sp³-hybridized carbons (Fsp3) is 0.429. The lowest BCUT2D eigenvalue weighted by Crippen LogP contribution is -2.16. The van der Waals surface area contributed by atoms with Gasteiger partial charge in [-0.1, -0.05) is 11.6 Å². The fourth-order valence-corrected chi connectivity index (χ4v) is 1.15. The Bertz CT molecular complexity index is 340. The van der Waals surface area contributed by atoms with Crippen molar-refractivity contribution in [2.24, 2.45) is 0 Å². The van der Waals surface area contributed by atoms with E-state index < -0.39 is 18.9 Å². The van der Waals surface area contributed by atoms with Crippen LogP contribution in [0.25, 0.3) is 0 Å². The van der Waals surface area contributed by atoms with E-state index in [9.17, 15) is 13.6 Å². The Kier molecular flexibility index (Phi) is 3.40. The molecule has 1 rings (SSSR count). The standard InChI is InChI=1S/C7H7ClF2N2O2/c1-14-7(13)6-4(8)2-11-12(6)3-5(9)10/h2,5H,3H2,1H3. The molecule has 14 heavy (non-hydrogen) atoms. The highest BCUT2D eigenvalue weighted by Crippen LogP contribution is 2.16. The molecule has 0 atom stereocenters. The van der Waals surface area contributed by atoms with Gasteiger partial charge < -0.3 is 4.74 Å². The number of halogens is 3. The van der Waals surface area contributed by atoms with Crippen molar-refractivity contribution >= 4 is 17.6 Å². The van der Waals surface area contributed by atoms with Crippen LogP contribution in [0.15, 0.2) is 6.20 Å². The molecule has 0 unspecified atom stereocenters. The maximum absolute atomic E-state index is 12.0. The molecule has 0 saturated heterocycles. The number of ether oxygens (including phenoxy) is 1. The summed E-state index contributed by atoms with van der Waals surface area (Å²) in [6, 6.07) is 0. The molecule has 0 fully saturated rings. The monoisotopic (exact) mass is 224 g/mol. The van der Waals surface area contributed by atoms with Crippen LogP contribution in [0.1, 0.15) is 10.5 Å². The average molecular weight is 225 g/mol. The van der Waals surface area contributed by atoms with E-state index in [1.54, 1.807) is 0 Å². The molecule has 7 heteroatoms. The summed E-state index contributed by atoms with van der Waals surface area (Å²) in [5, 5.41) is 3.53. The molecule has 0 N–H and O–H groups in total. The summed E-state index contributed by atoms with van der Waals surface area (Å²) in [5.41, 5.74) is -0.158. The maximum Gasteiger partial charge on any atom is 0.357 e. The van der Waals surface area contributed by atoms with E-state index in [1.165, 1.54) is 0 Å². The van der Waals surface area contributed by atoms with Crippen LogP contribution in [0.4, 0.5) is 8.78 Å². The third-order valence-electron chi connectivity index (χ3n) is 1.48. The molecule has 0 radical (unpaired) electrons. The summed E-state index contributed by atoms with van der Waals surface area (Å²) in [6.07, 6.45) is -1.48. The van der Waals surface area contributed by atoms with Gasteiger partial charge in [0, 0.05) is 0 Å². The Hall–Kier alpha value is -1.17. The van der Waals surface area contributed by atoms with Crippen LogP contribution >= 0.6 is 11.6 Å². The number of rotatable bonds is 3. The minimum absolute atomic E-state index is 0.00231. The molecular weight excluding hydrogens is 218 g/mol. The lowest BCUT2D eigenvalue weighted by Gasteiger charge is -2.04. The fourth-order valence-electron chi connectivity index (χ4n) is 0.931. The summed E-state index contributed by atoms with van der Waals surface area (Å²) in [4.78, 5) is 11.1.